The Labute approximate surface area is 94.7 Å². The molecule has 0 spiro atoms. The first-order valence-electron chi connectivity index (χ1n) is 5.74. The molecule has 2 rings (SSSR count). The van der Waals surface area contributed by atoms with E-state index in [2.05, 4.69) is 11.9 Å². The molecule has 16 heavy (non-hydrogen) atoms. The molecule has 1 N–H and O–H groups in total. The molecule has 1 unspecified atom stereocenters. The van der Waals surface area contributed by atoms with Gasteiger partial charge in [-0.05, 0) is 24.7 Å². The molecule has 1 aliphatic carbocycles. The van der Waals surface area contributed by atoms with Crippen LogP contribution in [0.1, 0.15) is 67.6 Å². The van der Waals surface area contributed by atoms with Gasteiger partial charge < -0.3 is 9.52 Å². The minimum absolute atomic E-state index is 0.0116. The number of nitrogens with zero attached hydrogens (tertiary/aromatic N) is 1. The zero-order valence-corrected chi connectivity index (χ0v) is 9.86. The lowest BCUT2D eigenvalue weighted by Gasteiger charge is -2.02. The van der Waals surface area contributed by atoms with Crippen LogP contribution < -0.4 is 0 Å². The molecule has 4 nitrogen and oxygen atoms in total. The molecule has 1 saturated carbocycles. The van der Waals surface area contributed by atoms with E-state index in [0.29, 0.717) is 17.5 Å². The second kappa shape index (κ2) is 3.92. The van der Waals surface area contributed by atoms with Crippen molar-refractivity contribution < 1.29 is 14.3 Å². The van der Waals surface area contributed by atoms with Crippen LogP contribution in [0.3, 0.4) is 0 Å². The summed E-state index contributed by atoms with van der Waals surface area (Å²) in [5, 5.41) is 9.03. The van der Waals surface area contributed by atoms with Crippen LogP contribution in [0, 0.1) is 5.92 Å². The summed E-state index contributed by atoms with van der Waals surface area (Å²) in [7, 11) is 0. The molecule has 1 aromatic heterocycles. The van der Waals surface area contributed by atoms with Gasteiger partial charge in [0.25, 0.3) is 0 Å². The first kappa shape index (κ1) is 11.2. The number of carboxylic acid groups (broad SMARTS) is 1. The molecule has 1 fully saturated rings. The third kappa shape index (κ3) is 1.96. The summed E-state index contributed by atoms with van der Waals surface area (Å²) >= 11 is 0. The van der Waals surface area contributed by atoms with Crippen molar-refractivity contribution in [1.82, 2.24) is 4.98 Å². The summed E-state index contributed by atoms with van der Waals surface area (Å²) in [5.41, 5.74) is 0.565. The van der Waals surface area contributed by atoms with Crippen molar-refractivity contribution in [3.05, 3.63) is 17.3 Å². The van der Waals surface area contributed by atoms with Crippen molar-refractivity contribution in [2.75, 3.05) is 0 Å². The van der Waals surface area contributed by atoms with E-state index in [1.807, 2.05) is 13.8 Å². The van der Waals surface area contributed by atoms with Gasteiger partial charge in [0.05, 0.1) is 5.69 Å². The van der Waals surface area contributed by atoms with Gasteiger partial charge in [0.2, 0.25) is 5.76 Å². The number of hydrogen-bond acceptors (Lipinski definition) is 3. The molecular weight excluding hydrogens is 206 g/mol. The molecule has 0 bridgehead atoms. The average Bonchev–Trinajstić information content (AvgIpc) is 2.94. The fourth-order valence-electron chi connectivity index (χ4n) is 1.89. The quantitative estimate of drug-likeness (QED) is 0.852. The maximum Gasteiger partial charge on any atom is 0.373 e. The van der Waals surface area contributed by atoms with Crippen molar-refractivity contribution in [2.24, 2.45) is 5.92 Å². The zero-order valence-electron chi connectivity index (χ0n) is 9.86. The summed E-state index contributed by atoms with van der Waals surface area (Å²) < 4.78 is 5.39. The number of carboxylic acids is 1. The van der Waals surface area contributed by atoms with Gasteiger partial charge >= 0.3 is 5.97 Å². The van der Waals surface area contributed by atoms with Crippen molar-refractivity contribution in [1.29, 1.82) is 0 Å². The first-order valence-corrected chi connectivity index (χ1v) is 5.74. The van der Waals surface area contributed by atoms with Crippen LogP contribution in [0.4, 0.5) is 0 Å². The molecule has 88 valence electrons. The molecule has 0 aromatic carbocycles. The van der Waals surface area contributed by atoms with Crippen molar-refractivity contribution in [3.8, 4) is 0 Å². The highest BCUT2D eigenvalue weighted by atomic mass is 16.4. The van der Waals surface area contributed by atoms with Gasteiger partial charge in [-0.1, -0.05) is 20.8 Å². The first-order chi connectivity index (χ1) is 7.50. The minimum atomic E-state index is -1.02. The van der Waals surface area contributed by atoms with Crippen LogP contribution >= 0.6 is 0 Å². The topological polar surface area (TPSA) is 63.3 Å². The highest BCUT2D eigenvalue weighted by Crippen LogP contribution is 2.42. The molecular formula is C12H17NO3. The lowest BCUT2D eigenvalue weighted by Crippen LogP contribution is -2.01. The largest absolute Gasteiger partial charge is 0.475 e. The fourth-order valence-corrected chi connectivity index (χ4v) is 1.89. The summed E-state index contributed by atoms with van der Waals surface area (Å²) in [4.78, 5) is 15.4. The summed E-state index contributed by atoms with van der Waals surface area (Å²) in [6, 6.07) is 0. The van der Waals surface area contributed by atoms with Gasteiger partial charge in [-0.15, -0.1) is 0 Å². The SMILES string of the molecule is CC(C)c1nc(C(C)C2CC2)oc1C(=O)O. The lowest BCUT2D eigenvalue weighted by atomic mass is 10.1. The van der Waals surface area contributed by atoms with E-state index in [0.717, 1.165) is 0 Å². The number of oxazole rings is 1. The number of aromatic nitrogens is 1. The molecule has 1 heterocycles. The molecule has 4 heteroatoms. The van der Waals surface area contributed by atoms with Gasteiger partial charge in [0.1, 0.15) is 0 Å². The second-order valence-corrected chi connectivity index (χ2v) is 4.85. The third-order valence-corrected chi connectivity index (χ3v) is 3.13. The lowest BCUT2D eigenvalue weighted by molar-refractivity contribution is 0.0657. The van der Waals surface area contributed by atoms with Crippen LogP contribution in [0.5, 0.6) is 0 Å². The van der Waals surface area contributed by atoms with E-state index in [1.165, 1.54) is 12.8 Å². The zero-order chi connectivity index (χ0) is 11.9. The maximum atomic E-state index is 11.0. The van der Waals surface area contributed by atoms with E-state index in [9.17, 15) is 4.79 Å². The molecule has 0 radical (unpaired) electrons. The predicted octanol–water partition coefficient (Wildman–Crippen LogP) is 3.01. The number of aromatic carboxylic acids is 1. The van der Waals surface area contributed by atoms with Crippen LogP contribution in [0.25, 0.3) is 0 Å². The molecule has 1 aliphatic rings. The average molecular weight is 223 g/mol. The highest BCUT2D eigenvalue weighted by molar-refractivity contribution is 5.85. The Morgan fingerprint density at radius 1 is 1.44 bits per heavy atom. The molecule has 1 atom stereocenters. The summed E-state index contributed by atoms with van der Waals surface area (Å²) in [6.45, 7) is 5.91. The number of hydrogen-bond donors (Lipinski definition) is 1. The Bertz CT molecular complexity index is 404. The Balaban J connectivity index is 2.33. The summed E-state index contributed by atoms with van der Waals surface area (Å²) in [5.74, 6) is 0.521. The smallest absolute Gasteiger partial charge is 0.373 e. The van der Waals surface area contributed by atoms with Gasteiger partial charge in [-0.2, -0.15) is 0 Å². The van der Waals surface area contributed by atoms with E-state index in [-0.39, 0.29) is 17.6 Å². The Morgan fingerprint density at radius 2 is 2.06 bits per heavy atom. The monoisotopic (exact) mass is 223 g/mol. The van der Waals surface area contributed by atoms with Crippen LogP contribution in [-0.2, 0) is 0 Å². The maximum absolute atomic E-state index is 11.0. The standard InChI is InChI=1S/C12H17NO3/c1-6(2)9-10(12(14)15)16-11(13-9)7(3)8-4-5-8/h6-8H,4-5H2,1-3H3,(H,14,15). The Hall–Kier alpha value is -1.32. The molecule has 0 saturated heterocycles. The van der Waals surface area contributed by atoms with Crippen LogP contribution in [0.15, 0.2) is 4.42 Å². The summed E-state index contributed by atoms with van der Waals surface area (Å²) in [6.07, 6.45) is 2.39. The fraction of sp³-hybridized carbons (Fsp3) is 0.667. The van der Waals surface area contributed by atoms with Gasteiger partial charge in [0, 0.05) is 5.92 Å². The van der Waals surface area contributed by atoms with Crippen molar-refractivity contribution in [2.45, 2.75) is 45.4 Å². The van der Waals surface area contributed by atoms with Crippen LogP contribution in [-0.4, -0.2) is 16.1 Å². The van der Waals surface area contributed by atoms with Gasteiger partial charge in [0.15, 0.2) is 5.89 Å². The van der Waals surface area contributed by atoms with Crippen molar-refractivity contribution in [3.63, 3.8) is 0 Å². The van der Waals surface area contributed by atoms with Gasteiger partial charge in [-0.3, -0.25) is 0 Å². The van der Waals surface area contributed by atoms with Crippen molar-refractivity contribution >= 4 is 5.97 Å². The van der Waals surface area contributed by atoms with E-state index >= 15 is 0 Å². The Morgan fingerprint density at radius 3 is 2.44 bits per heavy atom. The third-order valence-electron chi connectivity index (χ3n) is 3.13. The van der Waals surface area contributed by atoms with Gasteiger partial charge in [-0.25, -0.2) is 9.78 Å². The predicted molar refractivity (Wildman–Crippen MR) is 58.7 cm³/mol. The number of carbonyl (C=O) groups is 1. The molecule has 0 aliphatic heterocycles. The Kier molecular flexibility index (Phi) is 2.74. The normalized spacial score (nSPS) is 17.8. The highest BCUT2D eigenvalue weighted by Gasteiger charge is 2.34. The van der Waals surface area contributed by atoms with E-state index < -0.39 is 5.97 Å². The second-order valence-electron chi connectivity index (χ2n) is 4.85. The molecule has 0 amide bonds. The van der Waals surface area contributed by atoms with E-state index in [1.54, 1.807) is 0 Å². The minimum Gasteiger partial charge on any atom is -0.475 e. The van der Waals surface area contributed by atoms with Crippen LogP contribution in [0.2, 0.25) is 0 Å². The molecule has 1 aromatic rings. The van der Waals surface area contributed by atoms with E-state index in [4.69, 9.17) is 9.52 Å². The number of rotatable bonds is 4.